The molecule has 1 saturated heterocycles. The number of carbonyl (C=O) groups excluding carboxylic acids is 1. The number of rotatable bonds is 5. The summed E-state index contributed by atoms with van der Waals surface area (Å²) in [7, 11) is 6.17. The van der Waals surface area contributed by atoms with E-state index in [1.54, 1.807) is 4.90 Å². The second-order valence-corrected chi connectivity index (χ2v) is 8.54. The van der Waals surface area contributed by atoms with Crippen LogP contribution >= 0.6 is 0 Å². The van der Waals surface area contributed by atoms with E-state index in [2.05, 4.69) is 54.2 Å². The van der Waals surface area contributed by atoms with Crippen molar-refractivity contribution in [2.75, 3.05) is 47.3 Å². The molecule has 146 valence electrons. The van der Waals surface area contributed by atoms with Gasteiger partial charge in [0.05, 0.1) is 0 Å². The van der Waals surface area contributed by atoms with Crippen LogP contribution in [0.3, 0.4) is 0 Å². The molecule has 2 rings (SSSR count). The summed E-state index contributed by atoms with van der Waals surface area (Å²) >= 11 is 0. The lowest BCUT2D eigenvalue weighted by Gasteiger charge is -2.47. The van der Waals surface area contributed by atoms with Crippen molar-refractivity contribution in [3.05, 3.63) is 35.9 Å². The van der Waals surface area contributed by atoms with Crippen LogP contribution in [0.5, 0.6) is 0 Å². The Balaban J connectivity index is 1.88. The fraction of sp³-hybridized carbons (Fsp3) is 0.667. The van der Waals surface area contributed by atoms with E-state index in [1.807, 2.05) is 27.8 Å². The van der Waals surface area contributed by atoms with Gasteiger partial charge in [0.2, 0.25) is 0 Å². The molecule has 1 fully saturated rings. The molecule has 0 unspecified atom stereocenters. The predicted octanol–water partition coefficient (Wildman–Crippen LogP) is 3.41. The smallest absolute Gasteiger partial charge is 0.410 e. The minimum absolute atomic E-state index is 0.106. The molecule has 1 aromatic rings. The van der Waals surface area contributed by atoms with Gasteiger partial charge in [0, 0.05) is 38.8 Å². The summed E-state index contributed by atoms with van der Waals surface area (Å²) < 4.78 is 5.42. The van der Waals surface area contributed by atoms with E-state index >= 15 is 0 Å². The zero-order chi connectivity index (χ0) is 19.4. The molecular formula is C21H35N3O2. The Morgan fingerprint density at radius 1 is 1.12 bits per heavy atom. The molecular weight excluding hydrogens is 326 g/mol. The maximum Gasteiger partial charge on any atom is 0.410 e. The zero-order valence-electron chi connectivity index (χ0n) is 17.3. The topological polar surface area (TPSA) is 36.0 Å². The van der Waals surface area contributed by atoms with Crippen molar-refractivity contribution in [3.8, 4) is 0 Å². The van der Waals surface area contributed by atoms with Crippen molar-refractivity contribution in [2.45, 2.75) is 44.8 Å². The van der Waals surface area contributed by atoms with Crippen LogP contribution in [0, 0.1) is 0 Å². The quantitative estimate of drug-likeness (QED) is 0.805. The summed E-state index contributed by atoms with van der Waals surface area (Å²) in [6.45, 7) is 9.34. The summed E-state index contributed by atoms with van der Waals surface area (Å²) in [5.41, 5.74) is 1.06. The molecule has 26 heavy (non-hydrogen) atoms. The second-order valence-electron chi connectivity index (χ2n) is 8.54. The molecule has 0 saturated carbocycles. The first-order valence-electron chi connectivity index (χ1n) is 9.53. The van der Waals surface area contributed by atoms with E-state index in [1.165, 1.54) is 5.56 Å². The van der Waals surface area contributed by atoms with Gasteiger partial charge in [-0.05, 0) is 53.3 Å². The SMILES string of the molecule is CN(CCN1CCC(c2ccccc2)(N(C)C)CC1)C(=O)OC(C)(C)C. The highest BCUT2D eigenvalue weighted by Crippen LogP contribution is 2.37. The molecule has 0 aromatic heterocycles. The monoisotopic (exact) mass is 361 g/mol. The molecule has 1 aliphatic rings. The Morgan fingerprint density at radius 2 is 1.69 bits per heavy atom. The predicted molar refractivity (Wildman–Crippen MR) is 106 cm³/mol. The molecule has 1 aromatic carbocycles. The van der Waals surface area contributed by atoms with Gasteiger partial charge in [0.1, 0.15) is 5.60 Å². The van der Waals surface area contributed by atoms with E-state index in [4.69, 9.17) is 4.74 Å². The molecule has 0 atom stereocenters. The Labute approximate surface area is 158 Å². The average Bonchev–Trinajstić information content (AvgIpc) is 2.59. The molecule has 0 radical (unpaired) electrons. The van der Waals surface area contributed by atoms with Gasteiger partial charge in [-0.15, -0.1) is 0 Å². The van der Waals surface area contributed by atoms with E-state index in [9.17, 15) is 4.79 Å². The third kappa shape index (κ3) is 5.21. The number of hydrogen-bond acceptors (Lipinski definition) is 4. The van der Waals surface area contributed by atoms with Gasteiger partial charge >= 0.3 is 6.09 Å². The Bertz CT molecular complexity index is 573. The van der Waals surface area contributed by atoms with Gasteiger partial charge in [0.15, 0.2) is 0 Å². The number of benzene rings is 1. The molecule has 0 N–H and O–H groups in total. The van der Waals surface area contributed by atoms with Crippen LogP contribution < -0.4 is 0 Å². The molecule has 5 nitrogen and oxygen atoms in total. The van der Waals surface area contributed by atoms with Gasteiger partial charge in [0.25, 0.3) is 0 Å². The van der Waals surface area contributed by atoms with Crippen molar-refractivity contribution < 1.29 is 9.53 Å². The summed E-state index contributed by atoms with van der Waals surface area (Å²) in [5.74, 6) is 0. The first-order chi connectivity index (χ1) is 12.1. The van der Waals surface area contributed by atoms with Crippen LogP contribution in [0.1, 0.15) is 39.2 Å². The fourth-order valence-electron chi connectivity index (χ4n) is 3.61. The fourth-order valence-corrected chi connectivity index (χ4v) is 3.61. The highest BCUT2D eigenvalue weighted by Gasteiger charge is 2.38. The van der Waals surface area contributed by atoms with E-state index < -0.39 is 5.60 Å². The third-order valence-corrected chi connectivity index (χ3v) is 5.31. The van der Waals surface area contributed by atoms with Crippen LogP contribution in [0.25, 0.3) is 0 Å². The van der Waals surface area contributed by atoms with Gasteiger partial charge in [-0.25, -0.2) is 4.79 Å². The molecule has 0 aliphatic carbocycles. The van der Waals surface area contributed by atoms with Crippen molar-refractivity contribution in [1.82, 2.24) is 14.7 Å². The number of nitrogens with zero attached hydrogens (tertiary/aromatic N) is 3. The summed E-state index contributed by atoms with van der Waals surface area (Å²) in [5, 5.41) is 0. The Kier molecular flexibility index (Phi) is 6.69. The van der Waals surface area contributed by atoms with Gasteiger partial charge in [-0.3, -0.25) is 4.90 Å². The minimum Gasteiger partial charge on any atom is -0.444 e. The number of likely N-dealkylation sites (N-methyl/N-ethyl adjacent to an activating group) is 1. The number of carbonyl (C=O) groups is 1. The van der Waals surface area contributed by atoms with Gasteiger partial charge in [-0.1, -0.05) is 30.3 Å². The number of ether oxygens (including phenoxy) is 1. The van der Waals surface area contributed by atoms with E-state index in [0.29, 0.717) is 6.54 Å². The zero-order valence-corrected chi connectivity index (χ0v) is 17.3. The maximum absolute atomic E-state index is 12.1. The lowest BCUT2D eigenvalue weighted by molar-refractivity contribution is 0.0235. The summed E-state index contributed by atoms with van der Waals surface area (Å²) in [6, 6.07) is 10.8. The molecule has 0 spiro atoms. The number of hydrogen-bond donors (Lipinski definition) is 0. The van der Waals surface area contributed by atoms with Crippen LogP contribution in [0.15, 0.2) is 30.3 Å². The van der Waals surface area contributed by atoms with Crippen molar-refractivity contribution in [3.63, 3.8) is 0 Å². The summed E-state index contributed by atoms with van der Waals surface area (Å²) in [4.78, 5) is 18.6. The summed E-state index contributed by atoms with van der Waals surface area (Å²) in [6.07, 6.45) is 1.95. The normalized spacial score (nSPS) is 18.0. The number of likely N-dealkylation sites (tertiary alicyclic amines) is 1. The first kappa shape index (κ1) is 20.7. The minimum atomic E-state index is -0.447. The van der Waals surface area contributed by atoms with E-state index in [0.717, 1.165) is 32.5 Å². The largest absolute Gasteiger partial charge is 0.444 e. The van der Waals surface area contributed by atoms with Crippen LogP contribution in [-0.2, 0) is 10.3 Å². The molecule has 0 bridgehead atoms. The molecule has 1 amide bonds. The first-order valence-corrected chi connectivity index (χ1v) is 9.53. The van der Waals surface area contributed by atoms with E-state index in [-0.39, 0.29) is 11.6 Å². The lowest BCUT2D eigenvalue weighted by Crippen LogP contribution is -2.51. The second kappa shape index (κ2) is 8.40. The number of piperidine rings is 1. The van der Waals surface area contributed by atoms with Crippen LogP contribution in [0.4, 0.5) is 4.79 Å². The van der Waals surface area contributed by atoms with Gasteiger partial charge < -0.3 is 14.5 Å². The van der Waals surface area contributed by atoms with Crippen molar-refractivity contribution in [1.29, 1.82) is 0 Å². The molecule has 1 heterocycles. The molecule has 1 aliphatic heterocycles. The number of amides is 1. The third-order valence-electron chi connectivity index (χ3n) is 5.31. The van der Waals surface area contributed by atoms with Crippen molar-refractivity contribution >= 4 is 6.09 Å². The van der Waals surface area contributed by atoms with Gasteiger partial charge in [-0.2, -0.15) is 0 Å². The average molecular weight is 362 g/mol. The van der Waals surface area contributed by atoms with Crippen LogP contribution in [-0.4, -0.2) is 73.7 Å². The highest BCUT2D eigenvalue weighted by atomic mass is 16.6. The van der Waals surface area contributed by atoms with Crippen molar-refractivity contribution in [2.24, 2.45) is 0 Å². The lowest BCUT2D eigenvalue weighted by atomic mass is 9.80. The molecule has 5 heteroatoms. The maximum atomic E-state index is 12.1. The highest BCUT2D eigenvalue weighted by molar-refractivity contribution is 5.67. The Hall–Kier alpha value is -1.59. The Morgan fingerprint density at radius 3 is 2.19 bits per heavy atom. The standard InChI is InChI=1S/C21H35N3O2/c1-20(2,3)26-19(25)23(6)16-17-24-14-12-21(13-15-24,22(4)5)18-10-8-7-9-11-18/h7-11H,12-17H2,1-6H3. The van der Waals surface area contributed by atoms with Crippen LogP contribution in [0.2, 0.25) is 0 Å².